The number of hydrazine groups is 1. The van der Waals surface area contributed by atoms with Gasteiger partial charge in [0.25, 0.3) is 5.91 Å². The Kier molecular flexibility index (Phi) is 4.16. The third kappa shape index (κ3) is 3.19. The number of benzene rings is 1. The molecule has 1 heterocycles. The van der Waals surface area contributed by atoms with Crippen LogP contribution in [0.3, 0.4) is 0 Å². The molecule has 1 aliphatic heterocycles. The molecule has 1 aromatic rings. The third-order valence-corrected chi connectivity index (χ3v) is 3.28. The number of nitrogens with one attached hydrogen (secondary N) is 2. The van der Waals surface area contributed by atoms with E-state index < -0.39 is 11.7 Å². The molecule has 98 valence electrons. The maximum absolute atomic E-state index is 13.5. The zero-order valence-electron chi connectivity index (χ0n) is 10.2. The van der Waals surface area contributed by atoms with E-state index in [2.05, 4.69) is 12.5 Å². The Morgan fingerprint density at radius 3 is 2.78 bits per heavy atom. The van der Waals surface area contributed by atoms with E-state index in [0.29, 0.717) is 5.02 Å². The topological polar surface area (TPSA) is 36.8 Å². The predicted molar refractivity (Wildman–Crippen MR) is 67.1 cm³/mol. The molecule has 0 aromatic heterocycles. The summed E-state index contributed by atoms with van der Waals surface area (Å²) >= 11 is 5.76. The Morgan fingerprint density at radius 2 is 2.11 bits per heavy atom. The molecule has 1 fully saturated rings. The van der Waals surface area contributed by atoms with E-state index >= 15 is 0 Å². The van der Waals surface area contributed by atoms with Crippen molar-refractivity contribution in [2.45, 2.75) is 0 Å². The van der Waals surface area contributed by atoms with Gasteiger partial charge in [0.15, 0.2) is 0 Å². The van der Waals surface area contributed by atoms with Crippen LogP contribution in [0, 0.1) is 5.82 Å². The lowest BCUT2D eigenvalue weighted by Gasteiger charge is -2.30. The molecule has 1 saturated heterocycles. The van der Waals surface area contributed by atoms with Crippen LogP contribution in [0.25, 0.3) is 0 Å². The number of nitrogens with zero attached hydrogens (tertiary/aromatic N) is 1. The van der Waals surface area contributed by atoms with Gasteiger partial charge in [-0.2, -0.15) is 0 Å². The SMILES string of the molecule is C[NH+]1CCN(NC(=O)c2cc(Cl)ccc2F)CC1. The van der Waals surface area contributed by atoms with Crippen LogP contribution in [0.1, 0.15) is 10.4 Å². The molecule has 0 bridgehead atoms. The molecule has 0 unspecified atom stereocenters. The van der Waals surface area contributed by atoms with E-state index in [0.717, 1.165) is 26.2 Å². The summed E-state index contributed by atoms with van der Waals surface area (Å²) in [5.74, 6) is -1.01. The third-order valence-electron chi connectivity index (χ3n) is 3.05. The number of hydrogen-bond donors (Lipinski definition) is 2. The highest BCUT2D eigenvalue weighted by molar-refractivity contribution is 6.30. The first-order chi connectivity index (χ1) is 8.56. The highest BCUT2D eigenvalue weighted by atomic mass is 35.5. The molecule has 18 heavy (non-hydrogen) atoms. The van der Waals surface area contributed by atoms with Crippen LogP contribution in [0.15, 0.2) is 18.2 Å². The number of carbonyl (C=O) groups excluding carboxylic acids is 1. The van der Waals surface area contributed by atoms with Gasteiger partial charge in [-0.3, -0.25) is 10.2 Å². The van der Waals surface area contributed by atoms with Crippen molar-refractivity contribution >= 4 is 17.5 Å². The van der Waals surface area contributed by atoms with Crippen molar-refractivity contribution in [2.24, 2.45) is 0 Å². The second-order valence-electron chi connectivity index (χ2n) is 4.51. The summed E-state index contributed by atoms with van der Waals surface area (Å²) < 4.78 is 13.5. The molecular weight excluding hydrogens is 257 g/mol. The van der Waals surface area contributed by atoms with Crippen LogP contribution in [0.5, 0.6) is 0 Å². The van der Waals surface area contributed by atoms with Crippen molar-refractivity contribution < 1.29 is 14.1 Å². The van der Waals surface area contributed by atoms with Gasteiger partial charge in [0.1, 0.15) is 5.82 Å². The minimum absolute atomic E-state index is 0.0197. The lowest BCUT2D eigenvalue weighted by Crippen LogP contribution is -3.12. The number of hydrogen-bond acceptors (Lipinski definition) is 2. The monoisotopic (exact) mass is 272 g/mol. The molecule has 0 spiro atoms. The molecule has 1 aromatic carbocycles. The quantitative estimate of drug-likeness (QED) is 0.792. The predicted octanol–water partition coefficient (Wildman–Crippen LogP) is -0.0458. The molecule has 1 aliphatic rings. The smallest absolute Gasteiger partial charge is 0.268 e. The number of quaternary nitrogens is 1. The van der Waals surface area contributed by atoms with Crippen molar-refractivity contribution in [3.05, 3.63) is 34.6 Å². The number of halogens is 2. The van der Waals surface area contributed by atoms with Crippen molar-refractivity contribution in [3.63, 3.8) is 0 Å². The standard InChI is InChI=1S/C12H15ClFN3O/c1-16-4-6-17(7-5-16)15-12(18)10-8-9(13)2-3-11(10)14/h2-3,8H,4-7H2,1H3,(H,15,18)/p+1. The largest absolute Gasteiger partial charge is 0.335 e. The van der Waals surface area contributed by atoms with E-state index in [1.54, 1.807) is 0 Å². The average molecular weight is 273 g/mol. The lowest BCUT2D eigenvalue weighted by atomic mass is 10.2. The maximum Gasteiger partial charge on any atom is 0.268 e. The Hall–Kier alpha value is -1.17. The summed E-state index contributed by atoms with van der Waals surface area (Å²) in [6, 6.07) is 3.96. The first kappa shape index (κ1) is 13.3. The van der Waals surface area contributed by atoms with Crippen molar-refractivity contribution in [3.8, 4) is 0 Å². The van der Waals surface area contributed by atoms with Crippen molar-refractivity contribution in [1.82, 2.24) is 10.4 Å². The van der Waals surface area contributed by atoms with Gasteiger partial charge in [-0.15, -0.1) is 0 Å². The fraction of sp³-hybridized carbons (Fsp3) is 0.417. The van der Waals surface area contributed by atoms with E-state index in [1.807, 2.05) is 5.01 Å². The second kappa shape index (κ2) is 5.65. The number of likely N-dealkylation sites (N-methyl/N-ethyl adjacent to an activating group) is 1. The summed E-state index contributed by atoms with van der Waals surface area (Å²) in [6.07, 6.45) is 0. The van der Waals surface area contributed by atoms with E-state index in [9.17, 15) is 9.18 Å². The molecule has 2 rings (SSSR count). The molecule has 0 saturated carbocycles. The summed E-state index contributed by atoms with van der Waals surface area (Å²) in [7, 11) is 2.11. The van der Waals surface area contributed by atoms with Crippen LogP contribution in [-0.4, -0.2) is 44.1 Å². The van der Waals surface area contributed by atoms with Gasteiger partial charge >= 0.3 is 0 Å². The minimum Gasteiger partial charge on any atom is -0.335 e. The summed E-state index contributed by atoms with van der Waals surface area (Å²) in [4.78, 5) is 13.3. The van der Waals surface area contributed by atoms with Gasteiger partial charge in [0.05, 0.1) is 38.8 Å². The molecular formula is C12H16ClFN3O+. The van der Waals surface area contributed by atoms with E-state index in [-0.39, 0.29) is 5.56 Å². The molecule has 0 aliphatic carbocycles. The van der Waals surface area contributed by atoms with Gasteiger partial charge < -0.3 is 4.90 Å². The van der Waals surface area contributed by atoms with Crippen LogP contribution >= 0.6 is 11.6 Å². The van der Waals surface area contributed by atoms with E-state index in [4.69, 9.17) is 11.6 Å². The lowest BCUT2D eigenvalue weighted by molar-refractivity contribution is -0.884. The van der Waals surface area contributed by atoms with Crippen LogP contribution in [0.2, 0.25) is 5.02 Å². The number of carbonyl (C=O) groups is 1. The molecule has 6 heteroatoms. The zero-order chi connectivity index (χ0) is 13.1. The van der Waals surface area contributed by atoms with Gasteiger partial charge in [0, 0.05) is 5.02 Å². The Morgan fingerprint density at radius 1 is 1.44 bits per heavy atom. The highest BCUT2D eigenvalue weighted by Crippen LogP contribution is 2.14. The van der Waals surface area contributed by atoms with Crippen molar-refractivity contribution in [1.29, 1.82) is 0 Å². The first-order valence-corrected chi connectivity index (χ1v) is 6.26. The second-order valence-corrected chi connectivity index (χ2v) is 4.95. The summed E-state index contributed by atoms with van der Waals surface area (Å²) in [5, 5.41) is 2.17. The van der Waals surface area contributed by atoms with Crippen LogP contribution in [0.4, 0.5) is 4.39 Å². The Balaban J connectivity index is 2.01. The molecule has 2 N–H and O–H groups in total. The van der Waals surface area contributed by atoms with Gasteiger partial charge in [-0.1, -0.05) is 11.6 Å². The average Bonchev–Trinajstić information content (AvgIpc) is 2.35. The van der Waals surface area contributed by atoms with Crippen molar-refractivity contribution in [2.75, 3.05) is 33.2 Å². The fourth-order valence-electron chi connectivity index (χ4n) is 1.88. The van der Waals surface area contributed by atoms with Gasteiger partial charge in [0.2, 0.25) is 0 Å². The number of piperazine rings is 1. The van der Waals surface area contributed by atoms with Gasteiger partial charge in [-0.05, 0) is 18.2 Å². The van der Waals surface area contributed by atoms with E-state index in [1.165, 1.54) is 23.1 Å². The highest BCUT2D eigenvalue weighted by Gasteiger charge is 2.20. The summed E-state index contributed by atoms with van der Waals surface area (Å²) in [6.45, 7) is 3.44. The summed E-state index contributed by atoms with van der Waals surface area (Å²) in [5.41, 5.74) is 2.69. The Bertz CT molecular complexity index is 447. The molecule has 0 atom stereocenters. The Labute approximate surface area is 110 Å². The number of amides is 1. The molecule has 4 nitrogen and oxygen atoms in total. The minimum atomic E-state index is -0.559. The maximum atomic E-state index is 13.5. The van der Waals surface area contributed by atoms with Crippen LogP contribution < -0.4 is 10.3 Å². The van der Waals surface area contributed by atoms with Crippen LogP contribution in [-0.2, 0) is 0 Å². The fourth-order valence-corrected chi connectivity index (χ4v) is 2.05. The van der Waals surface area contributed by atoms with Gasteiger partial charge in [-0.25, -0.2) is 9.40 Å². The molecule has 1 amide bonds. The number of rotatable bonds is 2. The molecule has 0 radical (unpaired) electrons. The normalized spacial score (nSPS) is 17.7. The zero-order valence-corrected chi connectivity index (χ0v) is 10.9. The first-order valence-electron chi connectivity index (χ1n) is 5.88.